The number of allylic oxidation sites excluding steroid dienone is 1. The van der Waals surface area contributed by atoms with Gasteiger partial charge < -0.3 is 10.1 Å². The largest absolute Gasteiger partial charge is 0.491 e. The smallest absolute Gasteiger partial charge is 0.327 e. The van der Waals surface area contributed by atoms with E-state index in [-0.39, 0.29) is 6.61 Å². The molecule has 1 amide bonds. The van der Waals surface area contributed by atoms with Gasteiger partial charge in [-0.05, 0) is 6.07 Å². The summed E-state index contributed by atoms with van der Waals surface area (Å²) in [5, 5.41) is 2.30. The summed E-state index contributed by atoms with van der Waals surface area (Å²) < 4.78 is 32.0. The molecule has 0 unspecified atom stereocenters. The van der Waals surface area contributed by atoms with E-state index in [0.29, 0.717) is 5.75 Å². The Morgan fingerprint density at radius 1 is 1.56 bits per heavy atom. The number of hydrogen-bond acceptors (Lipinski definition) is 2. The molecule has 1 atom stereocenters. The number of halogens is 2. The van der Waals surface area contributed by atoms with E-state index in [9.17, 15) is 13.6 Å². The molecule has 0 saturated heterocycles. The van der Waals surface area contributed by atoms with Crippen LogP contribution in [0.15, 0.2) is 36.9 Å². The molecule has 1 aliphatic rings. The van der Waals surface area contributed by atoms with E-state index in [2.05, 4.69) is 11.9 Å². The quantitative estimate of drug-likeness (QED) is 0.837. The molecule has 1 aromatic rings. The summed E-state index contributed by atoms with van der Waals surface area (Å²) in [6, 6.07) is 6.52. The predicted molar refractivity (Wildman–Crippen MR) is 62.6 cm³/mol. The maximum absolute atomic E-state index is 13.3. The van der Waals surface area contributed by atoms with Crippen molar-refractivity contribution in [3.05, 3.63) is 42.5 Å². The third kappa shape index (κ3) is 2.34. The van der Waals surface area contributed by atoms with E-state index in [4.69, 9.17) is 4.74 Å². The number of fused-ring (bicyclic) bond motifs is 1. The van der Waals surface area contributed by atoms with Gasteiger partial charge in [-0.1, -0.05) is 24.3 Å². The molecule has 96 valence electrons. The zero-order valence-corrected chi connectivity index (χ0v) is 9.66. The molecule has 0 fully saturated rings. The molecular formula is C13H13F2NO2. The highest BCUT2D eigenvalue weighted by atomic mass is 19.3. The standard InChI is InChI=1S/C13H13F2NO2/c1-2-7-13(14,15)12(17)16-10-8-18-11-6-4-3-5-9(10)11/h2-6,10H,1,7-8H2,(H,16,17)/t10-/m0/s1. The van der Waals surface area contributed by atoms with E-state index in [1.165, 1.54) is 0 Å². The minimum Gasteiger partial charge on any atom is -0.491 e. The Balaban J connectivity index is 2.08. The van der Waals surface area contributed by atoms with Crippen molar-refractivity contribution in [2.75, 3.05) is 6.61 Å². The van der Waals surface area contributed by atoms with Crippen molar-refractivity contribution >= 4 is 5.91 Å². The number of benzene rings is 1. The van der Waals surface area contributed by atoms with Crippen molar-refractivity contribution in [3.63, 3.8) is 0 Å². The topological polar surface area (TPSA) is 38.3 Å². The average molecular weight is 253 g/mol. The van der Waals surface area contributed by atoms with E-state index in [1.54, 1.807) is 24.3 Å². The lowest BCUT2D eigenvalue weighted by molar-refractivity contribution is -0.146. The molecule has 0 spiro atoms. The molecule has 0 aliphatic carbocycles. The maximum atomic E-state index is 13.3. The van der Waals surface area contributed by atoms with E-state index >= 15 is 0 Å². The molecule has 3 nitrogen and oxygen atoms in total. The molecule has 0 radical (unpaired) electrons. The molecule has 1 aliphatic heterocycles. The van der Waals surface area contributed by atoms with Gasteiger partial charge in [-0.2, -0.15) is 8.78 Å². The second-order valence-electron chi connectivity index (χ2n) is 4.07. The molecule has 2 rings (SSSR count). The minimum atomic E-state index is -3.43. The molecule has 5 heteroatoms. The number of nitrogens with one attached hydrogen (secondary N) is 1. The second-order valence-corrected chi connectivity index (χ2v) is 4.07. The molecular weight excluding hydrogens is 240 g/mol. The molecule has 18 heavy (non-hydrogen) atoms. The van der Waals surface area contributed by atoms with Gasteiger partial charge in [0, 0.05) is 12.0 Å². The van der Waals surface area contributed by atoms with Crippen LogP contribution in [0, 0.1) is 0 Å². The monoisotopic (exact) mass is 253 g/mol. The third-order valence-electron chi connectivity index (χ3n) is 2.74. The van der Waals surface area contributed by atoms with Gasteiger partial charge in [0.15, 0.2) is 0 Å². The molecule has 1 N–H and O–H groups in total. The van der Waals surface area contributed by atoms with Crippen LogP contribution >= 0.6 is 0 Å². The maximum Gasteiger partial charge on any atom is 0.327 e. The van der Waals surface area contributed by atoms with Crippen molar-refractivity contribution in [2.24, 2.45) is 0 Å². The van der Waals surface area contributed by atoms with Gasteiger partial charge in [0.05, 0.1) is 6.04 Å². The summed E-state index contributed by atoms with van der Waals surface area (Å²) in [6.45, 7) is 3.39. The van der Waals surface area contributed by atoms with Gasteiger partial charge in [-0.3, -0.25) is 4.79 Å². The lowest BCUT2D eigenvalue weighted by Gasteiger charge is -2.17. The summed E-state index contributed by atoms with van der Waals surface area (Å²) in [5.41, 5.74) is 0.722. The fraction of sp³-hybridized carbons (Fsp3) is 0.308. The second kappa shape index (κ2) is 4.76. The number of carbonyl (C=O) groups is 1. The molecule has 1 heterocycles. The first-order chi connectivity index (χ1) is 8.54. The van der Waals surface area contributed by atoms with Crippen LogP contribution in [0.3, 0.4) is 0 Å². The van der Waals surface area contributed by atoms with Gasteiger partial charge in [0.25, 0.3) is 5.91 Å². The van der Waals surface area contributed by atoms with Gasteiger partial charge in [-0.25, -0.2) is 0 Å². The van der Waals surface area contributed by atoms with Crippen LogP contribution in [0.25, 0.3) is 0 Å². The number of alkyl halides is 2. The zero-order chi connectivity index (χ0) is 13.2. The summed E-state index contributed by atoms with van der Waals surface area (Å²) in [6.07, 6.45) is 0.354. The fourth-order valence-electron chi connectivity index (χ4n) is 1.82. The van der Waals surface area contributed by atoms with Crippen molar-refractivity contribution in [1.82, 2.24) is 5.32 Å². The van der Waals surface area contributed by atoms with Crippen LogP contribution in [0.4, 0.5) is 8.78 Å². The van der Waals surface area contributed by atoms with Crippen molar-refractivity contribution in [3.8, 4) is 5.75 Å². The first-order valence-corrected chi connectivity index (χ1v) is 5.56. The van der Waals surface area contributed by atoms with Crippen LogP contribution in [-0.4, -0.2) is 18.4 Å². The highest BCUT2D eigenvalue weighted by Gasteiger charge is 2.39. The van der Waals surface area contributed by atoms with Crippen LogP contribution < -0.4 is 10.1 Å². The van der Waals surface area contributed by atoms with Crippen molar-refractivity contribution in [2.45, 2.75) is 18.4 Å². The van der Waals surface area contributed by atoms with Crippen LogP contribution in [-0.2, 0) is 4.79 Å². The average Bonchev–Trinajstić information content (AvgIpc) is 2.73. The van der Waals surface area contributed by atoms with Crippen LogP contribution in [0.5, 0.6) is 5.75 Å². The summed E-state index contributed by atoms with van der Waals surface area (Å²) in [7, 11) is 0. The number of amides is 1. The van der Waals surface area contributed by atoms with E-state index in [1.807, 2.05) is 0 Å². The number of hydrogen-bond donors (Lipinski definition) is 1. The lowest BCUT2D eigenvalue weighted by Crippen LogP contribution is -2.42. The Hall–Kier alpha value is -1.91. The Bertz CT molecular complexity index is 474. The number of carbonyl (C=O) groups excluding carboxylic acids is 1. The molecule has 0 bridgehead atoms. The van der Waals surface area contributed by atoms with Crippen molar-refractivity contribution < 1.29 is 18.3 Å². The summed E-state index contributed by atoms with van der Waals surface area (Å²) in [4.78, 5) is 11.5. The molecule has 0 saturated carbocycles. The van der Waals surface area contributed by atoms with Crippen LogP contribution in [0.2, 0.25) is 0 Å². The SMILES string of the molecule is C=CCC(F)(F)C(=O)N[C@H]1COc2ccccc21. The lowest BCUT2D eigenvalue weighted by atomic mass is 10.1. The minimum absolute atomic E-state index is 0.176. The van der Waals surface area contributed by atoms with Crippen molar-refractivity contribution in [1.29, 1.82) is 0 Å². The van der Waals surface area contributed by atoms with Gasteiger partial charge >= 0.3 is 5.92 Å². The number of rotatable bonds is 4. The first kappa shape index (κ1) is 12.5. The first-order valence-electron chi connectivity index (χ1n) is 5.56. The van der Waals surface area contributed by atoms with Gasteiger partial charge in [0.1, 0.15) is 12.4 Å². The van der Waals surface area contributed by atoms with Crippen LogP contribution in [0.1, 0.15) is 18.0 Å². The number of para-hydroxylation sites is 1. The van der Waals surface area contributed by atoms with Gasteiger partial charge in [-0.15, -0.1) is 6.58 Å². The predicted octanol–water partition coefficient (Wildman–Crippen LogP) is 2.45. The van der Waals surface area contributed by atoms with E-state index < -0.39 is 24.3 Å². The highest BCUT2D eigenvalue weighted by Crippen LogP contribution is 2.32. The third-order valence-corrected chi connectivity index (χ3v) is 2.74. The Morgan fingerprint density at radius 2 is 2.28 bits per heavy atom. The summed E-state index contributed by atoms with van der Waals surface area (Å²) in [5.74, 6) is -4.11. The normalized spacial score (nSPS) is 17.8. The van der Waals surface area contributed by atoms with Gasteiger partial charge in [0.2, 0.25) is 0 Å². The Kier molecular flexibility index (Phi) is 3.32. The van der Waals surface area contributed by atoms with E-state index in [0.717, 1.165) is 11.6 Å². The molecule has 1 aromatic carbocycles. The fourth-order valence-corrected chi connectivity index (χ4v) is 1.82. The molecule has 0 aromatic heterocycles. The summed E-state index contributed by atoms with van der Waals surface area (Å²) >= 11 is 0. The number of ether oxygens (including phenoxy) is 1. The highest BCUT2D eigenvalue weighted by molar-refractivity contribution is 5.84. The Morgan fingerprint density at radius 3 is 3.00 bits per heavy atom. The Labute approximate surface area is 103 Å². The zero-order valence-electron chi connectivity index (χ0n) is 9.66.